The Morgan fingerprint density at radius 2 is 1.79 bits per heavy atom. The average molecular weight is 200 g/mol. The van der Waals surface area contributed by atoms with Crippen molar-refractivity contribution < 1.29 is 0 Å². The molecule has 14 heavy (non-hydrogen) atoms. The standard InChI is InChI=1S/C12H28N2/c1-5-10-14(4)11-8-6-7-9-13-12(2)3/h12-13H,5-11H2,1-4H3. The topological polar surface area (TPSA) is 15.3 Å². The SMILES string of the molecule is CCCN(C)CCCCCNC(C)C. The average Bonchev–Trinajstić information content (AvgIpc) is 2.11. The van der Waals surface area contributed by atoms with Crippen LogP contribution in [0.3, 0.4) is 0 Å². The van der Waals surface area contributed by atoms with Gasteiger partial charge in [0.1, 0.15) is 0 Å². The van der Waals surface area contributed by atoms with E-state index in [4.69, 9.17) is 0 Å². The van der Waals surface area contributed by atoms with E-state index in [1.165, 1.54) is 45.3 Å². The van der Waals surface area contributed by atoms with Crippen LogP contribution >= 0.6 is 0 Å². The molecule has 1 N–H and O–H groups in total. The fourth-order valence-electron chi connectivity index (χ4n) is 1.57. The van der Waals surface area contributed by atoms with Gasteiger partial charge in [-0.1, -0.05) is 27.2 Å². The van der Waals surface area contributed by atoms with Crippen LogP contribution in [0.15, 0.2) is 0 Å². The van der Waals surface area contributed by atoms with Gasteiger partial charge in [-0.25, -0.2) is 0 Å². The first-order valence-corrected chi connectivity index (χ1v) is 6.08. The van der Waals surface area contributed by atoms with Crippen LogP contribution in [-0.4, -0.2) is 37.6 Å². The second-order valence-electron chi connectivity index (χ2n) is 4.47. The lowest BCUT2D eigenvalue weighted by atomic mass is 10.2. The molecule has 0 spiro atoms. The molecule has 0 rings (SSSR count). The number of hydrogen-bond acceptors (Lipinski definition) is 2. The largest absolute Gasteiger partial charge is 0.315 e. The first-order valence-electron chi connectivity index (χ1n) is 6.08. The highest BCUT2D eigenvalue weighted by atomic mass is 15.1. The van der Waals surface area contributed by atoms with Crippen LogP contribution < -0.4 is 5.32 Å². The smallest absolute Gasteiger partial charge is 0.00103 e. The van der Waals surface area contributed by atoms with Crippen LogP contribution in [0.5, 0.6) is 0 Å². The summed E-state index contributed by atoms with van der Waals surface area (Å²) in [4.78, 5) is 2.43. The van der Waals surface area contributed by atoms with Gasteiger partial charge in [0, 0.05) is 6.04 Å². The van der Waals surface area contributed by atoms with Crippen molar-refractivity contribution in [3.05, 3.63) is 0 Å². The Balaban J connectivity index is 3.05. The summed E-state index contributed by atoms with van der Waals surface area (Å²) in [5.74, 6) is 0. The first kappa shape index (κ1) is 13.9. The van der Waals surface area contributed by atoms with Crippen molar-refractivity contribution in [2.24, 2.45) is 0 Å². The van der Waals surface area contributed by atoms with E-state index in [-0.39, 0.29) is 0 Å². The Morgan fingerprint density at radius 1 is 1.07 bits per heavy atom. The lowest BCUT2D eigenvalue weighted by Gasteiger charge is -2.15. The molecular formula is C12H28N2. The highest BCUT2D eigenvalue weighted by Crippen LogP contribution is 1.97. The van der Waals surface area contributed by atoms with Crippen molar-refractivity contribution in [1.82, 2.24) is 10.2 Å². The zero-order valence-corrected chi connectivity index (χ0v) is 10.5. The lowest BCUT2D eigenvalue weighted by molar-refractivity contribution is 0.324. The van der Waals surface area contributed by atoms with Crippen molar-refractivity contribution in [3.63, 3.8) is 0 Å². The van der Waals surface area contributed by atoms with Crippen molar-refractivity contribution in [2.75, 3.05) is 26.7 Å². The summed E-state index contributed by atoms with van der Waals surface area (Å²) in [6.45, 7) is 10.3. The molecule has 0 aromatic heterocycles. The molecule has 0 aliphatic heterocycles. The second-order valence-corrected chi connectivity index (χ2v) is 4.47. The third-order valence-electron chi connectivity index (χ3n) is 2.37. The molecule has 0 unspecified atom stereocenters. The number of unbranched alkanes of at least 4 members (excludes halogenated alkanes) is 2. The molecule has 2 heteroatoms. The van der Waals surface area contributed by atoms with Gasteiger partial charge < -0.3 is 10.2 Å². The van der Waals surface area contributed by atoms with Gasteiger partial charge in [0.25, 0.3) is 0 Å². The zero-order chi connectivity index (χ0) is 10.8. The molecule has 0 aliphatic rings. The maximum atomic E-state index is 3.45. The Hall–Kier alpha value is -0.0800. The molecule has 0 aromatic carbocycles. The van der Waals surface area contributed by atoms with Crippen molar-refractivity contribution >= 4 is 0 Å². The van der Waals surface area contributed by atoms with E-state index in [9.17, 15) is 0 Å². The highest BCUT2D eigenvalue weighted by molar-refractivity contribution is 4.55. The molecule has 0 saturated carbocycles. The van der Waals surface area contributed by atoms with Crippen LogP contribution in [0, 0.1) is 0 Å². The fraction of sp³-hybridized carbons (Fsp3) is 1.00. The van der Waals surface area contributed by atoms with Crippen LogP contribution in [0.1, 0.15) is 46.5 Å². The van der Waals surface area contributed by atoms with Gasteiger partial charge in [0.2, 0.25) is 0 Å². The number of hydrogen-bond donors (Lipinski definition) is 1. The van der Waals surface area contributed by atoms with Crippen molar-refractivity contribution in [3.8, 4) is 0 Å². The first-order chi connectivity index (χ1) is 6.66. The van der Waals surface area contributed by atoms with E-state index in [2.05, 4.69) is 38.0 Å². The molecule has 0 amide bonds. The van der Waals surface area contributed by atoms with Gasteiger partial charge in [-0.2, -0.15) is 0 Å². The molecular weight excluding hydrogens is 172 g/mol. The van der Waals surface area contributed by atoms with Gasteiger partial charge in [-0.05, 0) is 45.9 Å². The summed E-state index contributed by atoms with van der Waals surface area (Å²) in [6.07, 6.45) is 5.29. The minimum Gasteiger partial charge on any atom is -0.315 e. The van der Waals surface area contributed by atoms with Crippen LogP contribution in [0.25, 0.3) is 0 Å². The lowest BCUT2D eigenvalue weighted by Crippen LogP contribution is -2.24. The predicted molar refractivity (Wildman–Crippen MR) is 64.8 cm³/mol. The van der Waals surface area contributed by atoms with Crippen molar-refractivity contribution in [2.45, 2.75) is 52.5 Å². The maximum Gasteiger partial charge on any atom is 0.00103 e. The van der Waals surface area contributed by atoms with Crippen LogP contribution in [-0.2, 0) is 0 Å². The predicted octanol–water partition coefficient (Wildman–Crippen LogP) is 2.50. The summed E-state index contributed by atoms with van der Waals surface area (Å²) in [5, 5.41) is 3.45. The fourth-order valence-corrected chi connectivity index (χ4v) is 1.57. The van der Waals surface area contributed by atoms with Crippen LogP contribution in [0.2, 0.25) is 0 Å². The van der Waals surface area contributed by atoms with Crippen LogP contribution in [0.4, 0.5) is 0 Å². The molecule has 86 valence electrons. The van der Waals surface area contributed by atoms with Gasteiger partial charge in [0.05, 0.1) is 0 Å². The van der Waals surface area contributed by atoms with E-state index < -0.39 is 0 Å². The molecule has 2 nitrogen and oxygen atoms in total. The number of nitrogens with one attached hydrogen (secondary N) is 1. The van der Waals surface area contributed by atoms with E-state index >= 15 is 0 Å². The van der Waals surface area contributed by atoms with Crippen molar-refractivity contribution in [1.29, 1.82) is 0 Å². The molecule has 0 aromatic rings. The highest BCUT2D eigenvalue weighted by Gasteiger charge is 1.96. The minimum atomic E-state index is 0.637. The molecule has 0 radical (unpaired) electrons. The van der Waals surface area contributed by atoms with E-state index in [1.54, 1.807) is 0 Å². The summed E-state index contributed by atoms with van der Waals surface area (Å²) in [5.41, 5.74) is 0. The van der Waals surface area contributed by atoms with E-state index in [0.717, 1.165) is 0 Å². The molecule has 0 saturated heterocycles. The third-order valence-corrected chi connectivity index (χ3v) is 2.37. The van der Waals surface area contributed by atoms with E-state index in [1.807, 2.05) is 0 Å². The molecule has 0 heterocycles. The Kier molecular flexibility index (Phi) is 9.42. The van der Waals surface area contributed by atoms with E-state index in [0.29, 0.717) is 6.04 Å². The Morgan fingerprint density at radius 3 is 2.36 bits per heavy atom. The number of rotatable bonds is 9. The van der Waals surface area contributed by atoms with Gasteiger partial charge in [-0.15, -0.1) is 0 Å². The monoisotopic (exact) mass is 200 g/mol. The quantitative estimate of drug-likeness (QED) is 0.575. The Labute approximate surface area is 90.1 Å². The summed E-state index contributed by atoms with van der Waals surface area (Å²) < 4.78 is 0. The van der Waals surface area contributed by atoms with Gasteiger partial charge in [0.15, 0.2) is 0 Å². The molecule has 0 fully saturated rings. The molecule has 0 atom stereocenters. The number of nitrogens with zero attached hydrogens (tertiary/aromatic N) is 1. The normalized spacial score (nSPS) is 11.6. The molecule has 0 aliphatic carbocycles. The van der Waals surface area contributed by atoms with Gasteiger partial charge >= 0.3 is 0 Å². The zero-order valence-electron chi connectivity index (χ0n) is 10.5. The summed E-state index contributed by atoms with van der Waals surface area (Å²) in [7, 11) is 2.22. The minimum absolute atomic E-state index is 0.637. The maximum absolute atomic E-state index is 3.45. The summed E-state index contributed by atoms with van der Waals surface area (Å²) >= 11 is 0. The van der Waals surface area contributed by atoms with Gasteiger partial charge in [-0.3, -0.25) is 0 Å². The summed E-state index contributed by atoms with van der Waals surface area (Å²) in [6, 6.07) is 0.637. The second kappa shape index (κ2) is 9.47. The third kappa shape index (κ3) is 10.0. The Bertz CT molecular complexity index is 113. The molecule has 0 bridgehead atoms.